The number of hydrogen-bond donors (Lipinski definition) is 3. The van der Waals surface area contributed by atoms with Gasteiger partial charge in [0.2, 0.25) is 0 Å². The van der Waals surface area contributed by atoms with E-state index in [-0.39, 0.29) is 17.6 Å². The number of amides is 2. The zero-order chi connectivity index (χ0) is 24.9. The molecule has 2 aromatic heterocycles. The van der Waals surface area contributed by atoms with Crippen LogP contribution in [0.4, 0.5) is 4.39 Å². The van der Waals surface area contributed by atoms with E-state index in [1.54, 1.807) is 36.7 Å². The zero-order valence-corrected chi connectivity index (χ0v) is 19.8. The first-order valence-corrected chi connectivity index (χ1v) is 11.4. The van der Waals surface area contributed by atoms with Crippen LogP contribution in [0, 0.1) is 5.82 Å². The number of aromatic nitrogens is 2. The highest BCUT2D eigenvalue weighted by atomic mass is 19.1. The maximum Gasteiger partial charge on any atom is 0.255 e. The topological polar surface area (TPSA) is 96.1 Å². The Kier molecular flexibility index (Phi) is 7.10. The molecular formula is C27H27FN4O3. The van der Waals surface area contributed by atoms with Gasteiger partial charge in [-0.25, -0.2) is 4.39 Å². The molecule has 8 heteroatoms. The molecule has 4 aromatic rings. The Labute approximate surface area is 202 Å². The minimum absolute atomic E-state index is 0.139. The van der Waals surface area contributed by atoms with Crippen molar-refractivity contribution in [1.82, 2.24) is 20.6 Å². The lowest BCUT2D eigenvalue weighted by Gasteiger charge is -2.16. The predicted molar refractivity (Wildman–Crippen MR) is 133 cm³/mol. The highest BCUT2D eigenvalue weighted by Gasteiger charge is 2.17. The fourth-order valence-corrected chi connectivity index (χ4v) is 3.91. The first kappa shape index (κ1) is 23.9. The summed E-state index contributed by atoms with van der Waals surface area (Å²) in [5.74, 6) is -0.803. The number of pyridine rings is 1. The summed E-state index contributed by atoms with van der Waals surface area (Å²) in [6, 6.07) is 11.1. The van der Waals surface area contributed by atoms with Gasteiger partial charge in [0, 0.05) is 48.6 Å². The fraction of sp³-hybridized carbons (Fsp3) is 0.222. The van der Waals surface area contributed by atoms with Crippen LogP contribution in [0.1, 0.15) is 40.1 Å². The molecule has 0 unspecified atom stereocenters. The number of carbonyl (C=O) groups is 2. The quantitative estimate of drug-likeness (QED) is 0.351. The summed E-state index contributed by atoms with van der Waals surface area (Å²) in [6.45, 7) is 4.17. The highest BCUT2D eigenvalue weighted by molar-refractivity contribution is 5.99. The van der Waals surface area contributed by atoms with E-state index >= 15 is 0 Å². The summed E-state index contributed by atoms with van der Waals surface area (Å²) < 4.78 is 20.1. The van der Waals surface area contributed by atoms with E-state index in [0.717, 1.165) is 16.5 Å². The van der Waals surface area contributed by atoms with Crippen molar-refractivity contribution in [3.8, 4) is 16.9 Å². The molecular weight excluding hydrogens is 447 g/mol. The number of nitrogens with one attached hydrogen (secondary N) is 3. The predicted octanol–water partition coefficient (Wildman–Crippen LogP) is 4.49. The lowest BCUT2D eigenvalue weighted by molar-refractivity contribution is 0.0944. The van der Waals surface area contributed by atoms with E-state index in [1.165, 1.54) is 19.2 Å². The Bertz CT molecular complexity index is 1380. The standard InChI is InChI=1S/C27H27FN4O3/c1-16(2)35-25-5-4-17(19-10-20(26(33)29-3)12-21(28)11-19)13-22(25)27(34)31-9-6-18-14-32-24-7-8-30-15-23(18)24/h4-5,7-8,10-16,32H,6,9H2,1-3H3,(H,29,33)(H,31,34). The Morgan fingerprint density at radius 3 is 2.69 bits per heavy atom. The summed E-state index contributed by atoms with van der Waals surface area (Å²) in [5.41, 5.74) is 3.67. The third-order valence-corrected chi connectivity index (χ3v) is 5.56. The number of aromatic amines is 1. The van der Waals surface area contributed by atoms with Gasteiger partial charge in [0.05, 0.1) is 11.7 Å². The van der Waals surface area contributed by atoms with Crippen LogP contribution in [0.25, 0.3) is 22.0 Å². The van der Waals surface area contributed by atoms with Crippen molar-refractivity contribution in [2.75, 3.05) is 13.6 Å². The van der Waals surface area contributed by atoms with Crippen LogP contribution in [0.3, 0.4) is 0 Å². The zero-order valence-electron chi connectivity index (χ0n) is 19.8. The molecule has 0 aliphatic rings. The van der Waals surface area contributed by atoms with Gasteiger partial charge in [0.1, 0.15) is 11.6 Å². The Morgan fingerprint density at radius 2 is 1.91 bits per heavy atom. The van der Waals surface area contributed by atoms with Crippen LogP contribution < -0.4 is 15.4 Å². The van der Waals surface area contributed by atoms with Gasteiger partial charge in [-0.15, -0.1) is 0 Å². The number of ether oxygens (including phenoxy) is 1. The van der Waals surface area contributed by atoms with Gasteiger partial charge in [-0.1, -0.05) is 6.07 Å². The molecule has 0 aliphatic carbocycles. The summed E-state index contributed by atoms with van der Waals surface area (Å²) in [4.78, 5) is 32.6. The van der Waals surface area contributed by atoms with Crippen molar-refractivity contribution in [3.05, 3.63) is 83.6 Å². The van der Waals surface area contributed by atoms with Gasteiger partial charge in [-0.3, -0.25) is 14.6 Å². The monoisotopic (exact) mass is 474 g/mol. The van der Waals surface area contributed by atoms with Crippen LogP contribution in [0.2, 0.25) is 0 Å². The molecule has 0 spiro atoms. The van der Waals surface area contributed by atoms with Crippen molar-refractivity contribution in [2.45, 2.75) is 26.4 Å². The normalized spacial score (nSPS) is 11.0. The van der Waals surface area contributed by atoms with Gasteiger partial charge in [-0.05, 0) is 73.4 Å². The smallest absolute Gasteiger partial charge is 0.255 e. The fourth-order valence-electron chi connectivity index (χ4n) is 3.91. The molecule has 0 atom stereocenters. The molecule has 2 heterocycles. The molecule has 0 bridgehead atoms. The first-order chi connectivity index (χ1) is 16.9. The van der Waals surface area contributed by atoms with Gasteiger partial charge in [0.15, 0.2) is 0 Å². The third-order valence-electron chi connectivity index (χ3n) is 5.56. The Morgan fingerprint density at radius 1 is 1.09 bits per heavy atom. The molecule has 0 fully saturated rings. The SMILES string of the molecule is CNC(=O)c1cc(F)cc(-c2ccc(OC(C)C)c(C(=O)NCCc3c[nH]c4ccncc34)c2)c1. The maximum atomic E-state index is 14.2. The van der Waals surface area contributed by atoms with Crippen molar-refractivity contribution in [3.63, 3.8) is 0 Å². The molecule has 2 amide bonds. The molecule has 0 radical (unpaired) electrons. The number of benzene rings is 2. The Balaban J connectivity index is 1.58. The number of fused-ring (bicyclic) bond motifs is 1. The molecule has 35 heavy (non-hydrogen) atoms. The average molecular weight is 475 g/mol. The van der Waals surface area contributed by atoms with Crippen LogP contribution in [0.15, 0.2) is 61.1 Å². The summed E-state index contributed by atoms with van der Waals surface area (Å²) in [5, 5.41) is 6.47. The van der Waals surface area contributed by atoms with Gasteiger partial charge < -0.3 is 20.4 Å². The summed E-state index contributed by atoms with van der Waals surface area (Å²) >= 11 is 0. The molecule has 0 aliphatic heterocycles. The van der Waals surface area contributed by atoms with Crippen LogP contribution >= 0.6 is 0 Å². The number of H-pyrrole nitrogens is 1. The second-order valence-corrected chi connectivity index (χ2v) is 8.43. The van der Waals surface area contributed by atoms with Crippen molar-refractivity contribution >= 4 is 22.7 Å². The number of hydrogen-bond acceptors (Lipinski definition) is 4. The van der Waals surface area contributed by atoms with Gasteiger partial charge in [0.25, 0.3) is 11.8 Å². The Hall–Kier alpha value is -4.20. The molecule has 0 saturated heterocycles. The molecule has 3 N–H and O–H groups in total. The third kappa shape index (κ3) is 5.48. The minimum Gasteiger partial charge on any atom is -0.490 e. The minimum atomic E-state index is -0.539. The highest BCUT2D eigenvalue weighted by Crippen LogP contribution is 2.29. The van der Waals surface area contributed by atoms with Crippen molar-refractivity contribution in [2.24, 2.45) is 0 Å². The molecule has 4 rings (SSSR count). The van der Waals surface area contributed by atoms with Crippen molar-refractivity contribution in [1.29, 1.82) is 0 Å². The second-order valence-electron chi connectivity index (χ2n) is 8.43. The van der Waals surface area contributed by atoms with Gasteiger partial charge >= 0.3 is 0 Å². The van der Waals surface area contributed by atoms with E-state index < -0.39 is 11.7 Å². The number of rotatable bonds is 8. The molecule has 0 saturated carbocycles. The summed E-state index contributed by atoms with van der Waals surface area (Å²) in [6.07, 6.45) is 5.92. The van der Waals surface area contributed by atoms with Crippen LogP contribution in [-0.2, 0) is 6.42 Å². The lowest BCUT2D eigenvalue weighted by Crippen LogP contribution is -2.26. The maximum absolute atomic E-state index is 14.2. The van der Waals surface area contributed by atoms with E-state index in [2.05, 4.69) is 20.6 Å². The van der Waals surface area contributed by atoms with E-state index in [1.807, 2.05) is 26.1 Å². The summed E-state index contributed by atoms with van der Waals surface area (Å²) in [7, 11) is 1.49. The molecule has 180 valence electrons. The van der Waals surface area contributed by atoms with Crippen molar-refractivity contribution < 1.29 is 18.7 Å². The lowest BCUT2D eigenvalue weighted by atomic mass is 9.99. The number of nitrogens with zero attached hydrogens (tertiary/aromatic N) is 1. The van der Waals surface area contributed by atoms with E-state index in [4.69, 9.17) is 4.74 Å². The number of carbonyl (C=O) groups excluding carboxylic acids is 2. The number of halogens is 1. The first-order valence-electron chi connectivity index (χ1n) is 11.4. The second kappa shape index (κ2) is 10.4. The van der Waals surface area contributed by atoms with E-state index in [9.17, 15) is 14.0 Å². The average Bonchev–Trinajstić information content (AvgIpc) is 3.26. The molecule has 2 aromatic carbocycles. The van der Waals surface area contributed by atoms with Crippen LogP contribution in [0.5, 0.6) is 5.75 Å². The molecule has 7 nitrogen and oxygen atoms in total. The van der Waals surface area contributed by atoms with Crippen LogP contribution in [-0.4, -0.2) is 41.5 Å². The largest absolute Gasteiger partial charge is 0.490 e. The van der Waals surface area contributed by atoms with E-state index in [0.29, 0.717) is 35.4 Å². The van der Waals surface area contributed by atoms with Gasteiger partial charge in [-0.2, -0.15) is 0 Å².